The summed E-state index contributed by atoms with van der Waals surface area (Å²) in [4.78, 5) is 16.6. The number of nitrogens with one attached hydrogen (secondary N) is 1. The van der Waals surface area contributed by atoms with Crippen molar-refractivity contribution in [1.29, 1.82) is 5.26 Å². The lowest BCUT2D eigenvalue weighted by atomic mass is 10.1. The van der Waals surface area contributed by atoms with Crippen LogP contribution in [0, 0.1) is 18.3 Å². The lowest BCUT2D eigenvalue weighted by Crippen LogP contribution is -2.22. The third kappa shape index (κ3) is 3.34. The number of nitrogens with zero attached hydrogens (tertiary/aromatic N) is 6. The number of aromatic nitrogens is 4. The molecule has 130 valence electrons. The van der Waals surface area contributed by atoms with E-state index < -0.39 is 5.56 Å². The zero-order valence-corrected chi connectivity index (χ0v) is 13.9. The molecule has 9 heteroatoms. The van der Waals surface area contributed by atoms with Crippen molar-refractivity contribution in [2.75, 3.05) is 0 Å². The fourth-order valence-electron chi connectivity index (χ4n) is 2.49. The van der Waals surface area contributed by atoms with E-state index in [0.717, 1.165) is 10.1 Å². The highest BCUT2D eigenvalue weighted by molar-refractivity contribution is 5.56. The summed E-state index contributed by atoms with van der Waals surface area (Å²) >= 11 is 0. The normalized spacial score (nSPS) is 10.9. The minimum absolute atomic E-state index is 0.0100. The maximum absolute atomic E-state index is 12.8. The van der Waals surface area contributed by atoms with Gasteiger partial charge in [-0.15, -0.1) is 10.2 Å². The summed E-state index contributed by atoms with van der Waals surface area (Å²) < 4.78 is 1.13. The van der Waals surface area contributed by atoms with Crippen LogP contribution in [-0.4, -0.2) is 24.9 Å². The maximum Gasteiger partial charge on any atom is 0.281 e. The molecule has 0 aliphatic carbocycles. The van der Waals surface area contributed by atoms with Gasteiger partial charge in [-0.05, 0) is 18.9 Å². The predicted octanol–water partition coefficient (Wildman–Crippen LogP) is 2.51. The molecule has 0 unspecified atom stereocenters. The second-order valence-electron chi connectivity index (χ2n) is 5.49. The fourth-order valence-corrected chi connectivity index (χ4v) is 2.49. The number of hydrogen-bond donors (Lipinski definition) is 2. The van der Waals surface area contributed by atoms with Gasteiger partial charge in [0, 0.05) is 12.1 Å². The van der Waals surface area contributed by atoms with E-state index in [4.69, 9.17) is 0 Å². The van der Waals surface area contributed by atoms with E-state index in [1.165, 1.54) is 13.3 Å². The van der Waals surface area contributed by atoms with E-state index in [2.05, 4.69) is 25.4 Å². The van der Waals surface area contributed by atoms with E-state index in [-0.39, 0.29) is 35.2 Å². The van der Waals surface area contributed by atoms with Crippen LogP contribution in [0.3, 0.4) is 0 Å². The van der Waals surface area contributed by atoms with Gasteiger partial charge in [-0.25, -0.2) is 5.10 Å². The molecule has 0 saturated heterocycles. The van der Waals surface area contributed by atoms with Gasteiger partial charge in [0.05, 0.1) is 0 Å². The van der Waals surface area contributed by atoms with Gasteiger partial charge in [0.2, 0.25) is 5.88 Å². The van der Waals surface area contributed by atoms with Crippen molar-refractivity contribution >= 4 is 11.6 Å². The highest BCUT2D eigenvalue weighted by Gasteiger charge is 2.19. The van der Waals surface area contributed by atoms with Crippen molar-refractivity contribution in [3.8, 4) is 11.9 Å². The van der Waals surface area contributed by atoms with Crippen LogP contribution in [0.1, 0.15) is 16.7 Å². The molecule has 0 spiro atoms. The van der Waals surface area contributed by atoms with Crippen LogP contribution in [0.25, 0.3) is 0 Å². The van der Waals surface area contributed by atoms with E-state index in [1.54, 1.807) is 0 Å². The molecule has 9 nitrogen and oxygen atoms in total. The number of aromatic hydroxyl groups is 1. The smallest absolute Gasteiger partial charge is 0.281 e. The molecule has 26 heavy (non-hydrogen) atoms. The lowest BCUT2D eigenvalue weighted by molar-refractivity contribution is 0.404. The molecule has 2 N–H and O–H groups in total. The van der Waals surface area contributed by atoms with Gasteiger partial charge < -0.3 is 5.11 Å². The standard InChI is InChI=1S/C17H15N7O2/c1-11-13(9-18)15(25)24(8-7-12-5-3-2-4-6-12)16(26)14(11)21-23-17-19-10-20-22-17/h2-6,10,25H,7-8H2,1H3,(H,19,20,22). The van der Waals surface area contributed by atoms with Gasteiger partial charge in [0.25, 0.3) is 11.5 Å². The van der Waals surface area contributed by atoms with Crippen molar-refractivity contribution in [3.63, 3.8) is 0 Å². The summed E-state index contributed by atoms with van der Waals surface area (Å²) in [6.07, 6.45) is 1.78. The number of hydrogen-bond acceptors (Lipinski definition) is 7. The number of pyridine rings is 1. The number of benzene rings is 1. The van der Waals surface area contributed by atoms with Crippen LogP contribution in [0.4, 0.5) is 11.6 Å². The second-order valence-corrected chi connectivity index (χ2v) is 5.49. The highest BCUT2D eigenvalue weighted by atomic mass is 16.3. The Morgan fingerprint density at radius 2 is 2.08 bits per heavy atom. The Hall–Kier alpha value is -3.80. The van der Waals surface area contributed by atoms with Gasteiger partial charge in [0.15, 0.2) is 5.69 Å². The molecule has 0 aliphatic rings. The minimum atomic E-state index is -0.529. The first-order chi connectivity index (χ1) is 12.6. The Morgan fingerprint density at radius 3 is 2.73 bits per heavy atom. The van der Waals surface area contributed by atoms with E-state index in [9.17, 15) is 15.2 Å². The van der Waals surface area contributed by atoms with Gasteiger partial charge >= 0.3 is 0 Å². The number of nitriles is 1. The van der Waals surface area contributed by atoms with Gasteiger partial charge in [-0.2, -0.15) is 15.3 Å². The van der Waals surface area contributed by atoms with Crippen molar-refractivity contribution < 1.29 is 5.11 Å². The topological polar surface area (TPSA) is 132 Å². The fraction of sp³-hybridized carbons (Fsp3) is 0.176. The first-order valence-electron chi connectivity index (χ1n) is 7.79. The maximum atomic E-state index is 12.8. The van der Waals surface area contributed by atoms with Crippen LogP contribution < -0.4 is 5.56 Å². The Bertz CT molecular complexity index is 1030. The van der Waals surface area contributed by atoms with Gasteiger partial charge in [-0.1, -0.05) is 30.3 Å². The molecular weight excluding hydrogens is 334 g/mol. The number of aryl methyl sites for hydroxylation is 1. The second kappa shape index (κ2) is 7.40. The van der Waals surface area contributed by atoms with E-state index >= 15 is 0 Å². The molecule has 0 aliphatic heterocycles. The summed E-state index contributed by atoms with van der Waals surface area (Å²) in [6, 6.07) is 11.4. The summed E-state index contributed by atoms with van der Waals surface area (Å²) in [5, 5.41) is 33.6. The Kier molecular flexibility index (Phi) is 4.85. The molecule has 2 aromatic heterocycles. The number of H-pyrrole nitrogens is 1. The monoisotopic (exact) mass is 349 g/mol. The molecule has 0 saturated carbocycles. The number of azo groups is 1. The Balaban J connectivity index is 2.02. The van der Waals surface area contributed by atoms with Gasteiger partial charge in [-0.3, -0.25) is 9.36 Å². The van der Waals surface area contributed by atoms with Crippen LogP contribution in [0.2, 0.25) is 0 Å². The van der Waals surface area contributed by atoms with E-state index in [1.807, 2.05) is 36.4 Å². The molecule has 3 aromatic rings. The SMILES string of the molecule is Cc1c(C#N)c(O)n(CCc2ccccc2)c(=O)c1N=Nc1ncn[nH]1. The summed E-state index contributed by atoms with van der Waals surface area (Å²) in [5.41, 5.74) is 0.697. The van der Waals surface area contributed by atoms with Crippen molar-refractivity contribution in [1.82, 2.24) is 19.7 Å². The Labute approximate surface area is 148 Å². The molecule has 3 rings (SSSR count). The molecule has 2 heterocycles. The molecule has 0 fully saturated rings. The Morgan fingerprint density at radius 1 is 1.31 bits per heavy atom. The minimum Gasteiger partial charge on any atom is -0.493 e. The molecule has 0 radical (unpaired) electrons. The van der Waals surface area contributed by atoms with Gasteiger partial charge in [0.1, 0.15) is 18.0 Å². The molecular formula is C17H15N7O2. The first-order valence-corrected chi connectivity index (χ1v) is 7.79. The third-order valence-electron chi connectivity index (χ3n) is 3.88. The van der Waals surface area contributed by atoms with Crippen molar-refractivity contribution in [3.05, 3.63) is 63.7 Å². The van der Waals surface area contributed by atoms with Crippen LogP contribution in [0.5, 0.6) is 5.88 Å². The quantitative estimate of drug-likeness (QED) is 0.683. The van der Waals surface area contributed by atoms with Crippen LogP contribution >= 0.6 is 0 Å². The average molecular weight is 349 g/mol. The summed E-state index contributed by atoms with van der Waals surface area (Å²) in [5.74, 6) is -0.240. The summed E-state index contributed by atoms with van der Waals surface area (Å²) in [7, 11) is 0. The highest BCUT2D eigenvalue weighted by Crippen LogP contribution is 2.26. The third-order valence-corrected chi connectivity index (χ3v) is 3.88. The summed E-state index contributed by atoms with van der Waals surface area (Å²) in [6.45, 7) is 1.74. The largest absolute Gasteiger partial charge is 0.493 e. The molecule has 0 bridgehead atoms. The number of aromatic amines is 1. The zero-order chi connectivity index (χ0) is 18.5. The van der Waals surface area contributed by atoms with E-state index in [0.29, 0.717) is 6.42 Å². The molecule has 0 amide bonds. The predicted molar refractivity (Wildman–Crippen MR) is 92.5 cm³/mol. The van der Waals surface area contributed by atoms with Crippen molar-refractivity contribution in [2.24, 2.45) is 10.2 Å². The van der Waals surface area contributed by atoms with Crippen LogP contribution in [0.15, 0.2) is 51.7 Å². The van der Waals surface area contributed by atoms with Crippen molar-refractivity contribution in [2.45, 2.75) is 19.9 Å². The zero-order valence-electron chi connectivity index (χ0n) is 13.9. The average Bonchev–Trinajstić information content (AvgIpc) is 3.16. The molecule has 1 aromatic carbocycles. The van der Waals surface area contributed by atoms with Crippen LogP contribution in [-0.2, 0) is 13.0 Å². The number of rotatable bonds is 5. The molecule has 0 atom stereocenters. The first kappa shape index (κ1) is 17.0. The lowest BCUT2D eigenvalue weighted by Gasteiger charge is -2.13.